The predicted octanol–water partition coefficient (Wildman–Crippen LogP) is 1.94. The molecule has 100 valence electrons. The quantitative estimate of drug-likeness (QED) is 0.806. The summed E-state index contributed by atoms with van der Waals surface area (Å²) in [5.74, 6) is -2.18. The van der Waals surface area contributed by atoms with Gasteiger partial charge in [-0.05, 0) is 5.41 Å². The number of carboxylic acids is 1. The topological polar surface area (TPSA) is 66.4 Å². The van der Waals surface area contributed by atoms with Gasteiger partial charge in [-0.2, -0.15) is 13.2 Å². The van der Waals surface area contributed by atoms with Gasteiger partial charge in [0.05, 0.1) is 6.42 Å². The van der Waals surface area contributed by atoms with E-state index in [2.05, 4.69) is 5.32 Å². The fourth-order valence-electron chi connectivity index (χ4n) is 1.14. The zero-order valence-electron chi connectivity index (χ0n) is 9.89. The number of amides is 1. The number of hydrogen-bond acceptors (Lipinski definition) is 2. The Bertz CT molecular complexity index is 294. The molecule has 0 aromatic heterocycles. The summed E-state index contributed by atoms with van der Waals surface area (Å²) in [6, 6.07) is -1.21. The van der Waals surface area contributed by atoms with Gasteiger partial charge in [-0.15, -0.1) is 0 Å². The van der Waals surface area contributed by atoms with E-state index in [1.165, 1.54) is 0 Å². The fraction of sp³-hybridized carbons (Fsp3) is 0.800. The standard InChI is InChI=1S/C10H16F3NO3/c1-9(2,3)7(8(16)17)14-6(15)4-5-10(11,12)13/h7H,4-5H2,1-3H3,(H,14,15)(H,16,17). The van der Waals surface area contributed by atoms with Crippen LogP contribution in [0, 0.1) is 5.41 Å². The number of halogens is 3. The second-order valence-electron chi connectivity index (χ2n) is 4.82. The summed E-state index contributed by atoms with van der Waals surface area (Å²) in [5.41, 5.74) is -0.764. The van der Waals surface area contributed by atoms with Gasteiger partial charge in [0.15, 0.2) is 0 Å². The number of rotatable bonds is 4. The first-order valence-corrected chi connectivity index (χ1v) is 5.02. The molecule has 0 saturated carbocycles. The first-order valence-electron chi connectivity index (χ1n) is 5.02. The van der Waals surface area contributed by atoms with Crippen molar-refractivity contribution in [1.29, 1.82) is 0 Å². The summed E-state index contributed by atoms with van der Waals surface area (Å²) < 4.78 is 35.5. The van der Waals surface area contributed by atoms with Crippen LogP contribution in [-0.4, -0.2) is 29.2 Å². The van der Waals surface area contributed by atoms with Gasteiger partial charge in [0.2, 0.25) is 5.91 Å². The van der Waals surface area contributed by atoms with Crippen LogP contribution in [0.25, 0.3) is 0 Å². The van der Waals surface area contributed by atoms with E-state index in [-0.39, 0.29) is 0 Å². The Morgan fingerprint density at radius 3 is 2.00 bits per heavy atom. The van der Waals surface area contributed by atoms with E-state index in [4.69, 9.17) is 5.11 Å². The molecule has 1 amide bonds. The molecule has 4 nitrogen and oxygen atoms in total. The molecule has 0 saturated heterocycles. The van der Waals surface area contributed by atoms with E-state index in [0.29, 0.717) is 0 Å². The smallest absolute Gasteiger partial charge is 0.389 e. The number of carboxylic acid groups (broad SMARTS) is 1. The van der Waals surface area contributed by atoms with Crippen LogP contribution >= 0.6 is 0 Å². The van der Waals surface area contributed by atoms with E-state index >= 15 is 0 Å². The molecule has 17 heavy (non-hydrogen) atoms. The third-order valence-corrected chi connectivity index (χ3v) is 2.05. The molecular formula is C10H16F3NO3. The van der Waals surface area contributed by atoms with Crippen LogP contribution in [0.5, 0.6) is 0 Å². The van der Waals surface area contributed by atoms with Crippen molar-refractivity contribution in [3.05, 3.63) is 0 Å². The lowest BCUT2D eigenvalue weighted by Gasteiger charge is -2.27. The van der Waals surface area contributed by atoms with Crippen molar-refractivity contribution >= 4 is 11.9 Å². The molecule has 0 aliphatic rings. The summed E-state index contributed by atoms with van der Waals surface area (Å²) in [7, 11) is 0. The summed E-state index contributed by atoms with van der Waals surface area (Å²) in [4.78, 5) is 22.0. The molecular weight excluding hydrogens is 239 g/mol. The van der Waals surface area contributed by atoms with Crippen LogP contribution in [-0.2, 0) is 9.59 Å². The van der Waals surface area contributed by atoms with Crippen molar-refractivity contribution in [3.63, 3.8) is 0 Å². The largest absolute Gasteiger partial charge is 0.480 e. The molecule has 0 fully saturated rings. The van der Waals surface area contributed by atoms with Gasteiger partial charge >= 0.3 is 12.1 Å². The van der Waals surface area contributed by atoms with Crippen molar-refractivity contribution in [1.82, 2.24) is 5.32 Å². The molecule has 0 aromatic carbocycles. The summed E-state index contributed by atoms with van der Waals surface area (Å²) in [5, 5.41) is 10.9. The maximum atomic E-state index is 11.8. The lowest BCUT2D eigenvalue weighted by molar-refractivity contribution is -0.148. The Balaban J connectivity index is 4.39. The molecule has 0 bridgehead atoms. The van der Waals surface area contributed by atoms with Crippen molar-refractivity contribution in [2.75, 3.05) is 0 Å². The third kappa shape index (κ3) is 6.80. The van der Waals surface area contributed by atoms with Crippen molar-refractivity contribution in [3.8, 4) is 0 Å². The molecule has 2 N–H and O–H groups in total. The van der Waals surface area contributed by atoms with Crippen LogP contribution in [0.15, 0.2) is 0 Å². The van der Waals surface area contributed by atoms with Crippen LogP contribution < -0.4 is 5.32 Å². The van der Waals surface area contributed by atoms with Crippen LogP contribution in [0.1, 0.15) is 33.6 Å². The van der Waals surface area contributed by atoms with Gasteiger partial charge in [-0.1, -0.05) is 20.8 Å². The first kappa shape index (κ1) is 15.7. The fourth-order valence-corrected chi connectivity index (χ4v) is 1.14. The number of aliphatic carboxylic acids is 1. The monoisotopic (exact) mass is 255 g/mol. The van der Waals surface area contributed by atoms with Crippen LogP contribution in [0.3, 0.4) is 0 Å². The van der Waals surface area contributed by atoms with Crippen molar-refractivity contribution in [2.24, 2.45) is 5.41 Å². The Kier molecular flexibility index (Phi) is 4.97. The van der Waals surface area contributed by atoms with Crippen LogP contribution in [0.2, 0.25) is 0 Å². The van der Waals surface area contributed by atoms with Gasteiger partial charge in [-0.25, -0.2) is 4.79 Å². The average molecular weight is 255 g/mol. The highest BCUT2D eigenvalue weighted by molar-refractivity contribution is 5.84. The van der Waals surface area contributed by atoms with Gasteiger partial charge in [0.25, 0.3) is 0 Å². The van der Waals surface area contributed by atoms with Gasteiger partial charge in [-0.3, -0.25) is 4.79 Å². The number of hydrogen-bond donors (Lipinski definition) is 2. The lowest BCUT2D eigenvalue weighted by Crippen LogP contribution is -2.49. The van der Waals surface area contributed by atoms with Crippen molar-refractivity contribution < 1.29 is 27.9 Å². The average Bonchev–Trinajstić information content (AvgIpc) is 2.07. The zero-order valence-corrected chi connectivity index (χ0v) is 9.89. The predicted molar refractivity (Wildman–Crippen MR) is 54.3 cm³/mol. The molecule has 0 heterocycles. The number of alkyl halides is 3. The SMILES string of the molecule is CC(C)(C)C(NC(=O)CCC(F)(F)F)C(=O)O. The third-order valence-electron chi connectivity index (χ3n) is 2.05. The zero-order chi connectivity index (χ0) is 13.9. The van der Waals surface area contributed by atoms with E-state index in [1.54, 1.807) is 20.8 Å². The maximum absolute atomic E-state index is 11.8. The van der Waals surface area contributed by atoms with Crippen molar-refractivity contribution in [2.45, 2.75) is 45.8 Å². The highest BCUT2D eigenvalue weighted by Gasteiger charge is 2.34. The maximum Gasteiger partial charge on any atom is 0.389 e. The number of nitrogens with one attached hydrogen (secondary N) is 1. The molecule has 0 spiro atoms. The minimum absolute atomic E-state index is 0.761. The number of carbonyl (C=O) groups is 2. The van der Waals surface area contributed by atoms with E-state index in [1.807, 2.05) is 0 Å². The lowest BCUT2D eigenvalue weighted by atomic mass is 9.86. The van der Waals surface area contributed by atoms with Gasteiger partial charge in [0, 0.05) is 6.42 Å². The molecule has 0 aromatic rings. The molecule has 0 aliphatic carbocycles. The number of carbonyl (C=O) groups excluding carboxylic acids is 1. The normalized spacial score (nSPS) is 14.2. The Hall–Kier alpha value is -1.27. The van der Waals surface area contributed by atoms with Gasteiger partial charge < -0.3 is 10.4 Å². The molecule has 0 rings (SSSR count). The molecule has 0 aliphatic heterocycles. The summed E-state index contributed by atoms with van der Waals surface area (Å²) >= 11 is 0. The minimum atomic E-state index is -4.42. The first-order chi connectivity index (χ1) is 7.43. The minimum Gasteiger partial charge on any atom is -0.480 e. The second kappa shape index (κ2) is 5.37. The molecule has 7 heteroatoms. The van der Waals surface area contributed by atoms with E-state index in [0.717, 1.165) is 0 Å². The summed E-state index contributed by atoms with van der Waals surface area (Å²) in [6.45, 7) is 4.74. The van der Waals surface area contributed by atoms with Crippen LogP contribution in [0.4, 0.5) is 13.2 Å². The molecule has 1 unspecified atom stereocenters. The Labute approximate surface area is 97.2 Å². The molecule has 0 radical (unpaired) electrons. The Morgan fingerprint density at radius 1 is 1.24 bits per heavy atom. The molecule has 1 atom stereocenters. The van der Waals surface area contributed by atoms with Gasteiger partial charge in [0.1, 0.15) is 6.04 Å². The van der Waals surface area contributed by atoms with E-state index < -0.39 is 42.4 Å². The summed E-state index contributed by atoms with van der Waals surface area (Å²) in [6.07, 6.45) is -6.43. The highest BCUT2D eigenvalue weighted by atomic mass is 19.4. The Morgan fingerprint density at radius 2 is 1.71 bits per heavy atom. The highest BCUT2D eigenvalue weighted by Crippen LogP contribution is 2.22. The second-order valence-corrected chi connectivity index (χ2v) is 4.82. The van der Waals surface area contributed by atoms with E-state index in [9.17, 15) is 22.8 Å².